The molecule has 4 nitrogen and oxygen atoms in total. The van der Waals surface area contributed by atoms with Gasteiger partial charge < -0.3 is 19.9 Å². The minimum atomic E-state index is -0.383. The minimum Gasteiger partial charge on any atom is -0.490 e. The van der Waals surface area contributed by atoms with E-state index >= 15 is 0 Å². The summed E-state index contributed by atoms with van der Waals surface area (Å²) in [7, 11) is 0. The number of hydrogen-bond donors (Lipinski definition) is 2. The number of hydrogen-bond acceptors (Lipinski definition) is 4. The maximum Gasteiger partial charge on any atom is 0.165 e. The topological polar surface area (TPSA) is 50.7 Å². The lowest BCUT2D eigenvalue weighted by molar-refractivity contribution is 0.140. The first-order valence-corrected chi connectivity index (χ1v) is 8.19. The van der Waals surface area contributed by atoms with Crippen molar-refractivity contribution in [2.24, 2.45) is 0 Å². The van der Waals surface area contributed by atoms with Crippen LogP contribution in [0.2, 0.25) is 0 Å². The zero-order chi connectivity index (χ0) is 15.6. The van der Waals surface area contributed by atoms with Crippen LogP contribution in [0.1, 0.15) is 29.2 Å². The summed E-state index contributed by atoms with van der Waals surface area (Å²) in [5.41, 5.74) is 3.49. The lowest BCUT2D eigenvalue weighted by Gasteiger charge is -2.19. The van der Waals surface area contributed by atoms with E-state index in [0.717, 1.165) is 23.5 Å². The number of aliphatic hydroxyl groups is 1. The van der Waals surface area contributed by atoms with E-state index in [1.165, 1.54) is 11.1 Å². The Balaban J connectivity index is 1.54. The first-order chi connectivity index (χ1) is 11.3. The van der Waals surface area contributed by atoms with Gasteiger partial charge in [0.1, 0.15) is 0 Å². The summed E-state index contributed by atoms with van der Waals surface area (Å²) in [6.45, 7) is 2.01. The van der Waals surface area contributed by atoms with Crippen LogP contribution < -0.4 is 14.8 Å². The molecule has 2 aromatic carbocycles. The normalized spacial score (nSPS) is 22.5. The predicted octanol–water partition coefficient (Wildman–Crippen LogP) is 2.60. The average Bonchev–Trinajstić information content (AvgIpc) is 2.74. The molecule has 0 amide bonds. The Morgan fingerprint density at radius 2 is 1.91 bits per heavy atom. The van der Waals surface area contributed by atoms with Gasteiger partial charge in [0.05, 0.1) is 25.4 Å². The number of ether oxygens (including phenoxy) is 2. The molecule has 0 radical (unpaired) electrons. The zero-order valence-electron chi connectivity index (χ0n) is 13.0. The molecule has 23 heavy (non-hydrogen) atoms. The van der Waals surface area contributed by atoms with Gasteiger partial charge in [-0.2, -0.15) is 0 Å². The van der Waals surface area contributed by atoms with Gasteiger partial charge in [0, 0.05) is 24.9 Å². The van der Waals surface area contributed by atoms with Crippen LogP contribution in [0.3, 0.4) is 0 Å². The first kappa shape index (κ1) is 14.5. The van der Waals surface area contributed by atoms with Crippen LogP contribution >= 0.6 is 0 Å². The second-order valence-electron chi connectivity index (χ2n) is 6.12. The van der Waals surface area contributed by atoms with Crippen molar-refractivity contribution in [3.05, 3.63) is 59.2 Å². The van der Waals surface area contributed by atoms with Crippen LogP contribution in [-0.2, 0) is 13.0 Å². The van der Waals surface area contributed by atoms with Crippen molar-refractivity contribution < 1.29 is 14.6 Å². The fourth-order valence-corrected chi connectivity index (χ4v) is 3.43. The third kappa shape index (κ3) is 2.80. The molecule has 2 atom stereocenters. The Morgan fingerprint density at radius 1 is 1.04 bits per heavy atom. The summed E-state index contributed by atoms with van der Waals surface area (Å²) < 4.78 is 11.6. The van der Waals surface area contributed by atoms with E-state index in [2.05, 4.69) is 17.4 Å². The molecule has 0 fully saturated rings. The molecule has 1 aliphatic heterocycles. The third-order valence-corrected chi connectivity index (χ3v) is 4.57. The highest BCUT2D eigenvalue weighted by Crippen LogP contribution is 2.35. The summed E-state index contributed by atoms with van der Waals surface area (Å²) >= 11 is 0. The SMILES string of the molecule is O[C@@H]1Cc2ccccc2[C@H]1NCc1cccc2c1OCCCO2. The Bertz CT molecular complexity index is 701. The minimum absolute atomic E-state index is 0.0336. The number of rotatable bonds is 3. The highest BCUT2D eigenvalue weighted by atomic mass is 16.5. The number of aliphatic hydroxyl groups excluding tert-OH is 1. The summed E-state index contributed by atoms with van der Waals surface area (Å²) in [6.07, 6.45) is 1.23. The predicted molar refractivity (Wildman–Crippen MR) is 87.8 cm³/mol. The second-order valence-corrected chi connectivity index (χ2v) is 6.12. The molecule has 4 rings (SSSR count). The molecule has 0 spiro atoms. The summed E-state index contributed by atoms with van der Waals surface area (Å²) in [6, 6.07) is 14.2. The van der Waals surface area contributed by atoms with Gasteiger partial charge in [0.15, 0.2) is 11.5 Å². The van der Waals surface area contributed by atoms with Crippen LogP contribution in [-0.4, -0.2) is 24.4 Å². The van der Waals surface area contributed by atoms with Gasteiger partial charge in [-0.15, -0.1) is 0 Å². The van der Waals surface area contributed by atoms with Crippen LogP contribution in [0.25, 0.3) is 0 Å². The van der Waals surface area contributed by atoms with E-state index in [-0.39, 0.29) is 12.1 Å². The van der Waals surface area contributed by atoms with Crippen LogP contribution in [0.15, 0.2) is 42.5 Å². The van der Waals surface area contributed by atoms with E-state index in [9.17, 15) is 5.11 Å². The lowest BCUT2D eigenvalue weighted by Crippen LogP contribution is -2.28. The quantitative estimate of drug-likeness (QED) is 0.915. The molecule has 0 saturated carbocycles. The van der Waals surface area contributed by atoms with Crippen molar-refractivity contribution in [3.8, 4) is 11.5 Å². The molecular weight excluding hydrogens is 290 g/mol. The second kappa shape index (κ2) is 6.22. The highest BCUT2D eigenvalue weighted by molar-refractivity contribution is 5.47. The maximum absolute atomic E-state index is 10.4. The molecule has 2 aromatic rings. The van der Waals surface area contributed by atoms with E-state index in [1.807, 2.05) is 30.3 Å². The highest BCUT2D eigenvalue weighted by Gasteiger charge is 2.30. The zero-order valence-corrected chi connectivity index (χ0v) is 13.0. The molecule has 0 bridgehead atoms. The van der Waals surface area contributed by atoms with Gasteiger partial charge in [-0.05, 0) is 17.2 Å². The fraction of sp³-hybridized carbons (Fsp3) is 0.368. The summed E-state index contributed by atoms with van der Waals surface area (Å²) in [5, 5.41) is 13.8. The van der Waals surface area contributed by atoms with Gasteiger partial charge in [-0.1, -0.05) is 36.4 Å². The Morgan fingerprint density at radius 3 is 2.87 bits per heavy atom. The molecule has 2 N–H and O–H groups in total. The summed E-state index contributed by atoms with van der Waals surface area (Å²) in [5.74, 6) is 1.65. The van der Waals surface area contributed by atoms with Gasteiger partial charge in [-0.25, -0.2) is 0 Å². The molecule has 1 aliphatic carbocycles. The average molecular weight is 311 g/mol. The third-order valence-electron chi connectivity index (χ3n) is 4.57. The number of benzene rings is 2. The molecular formula is C19H21NO3. The van der Waals surface area contributed by atoms with Gasteiger partial charge >= 0.3 is 0 Å². The van der Waals surface area contributed by atoms with Crippen molar-refractivity contribution >= 4 is 0 Å². The van der Waals surface area contributed by atoms with E-state index < -0.39 is 0 Å². The van der Waals surface area contributed by atoms with Crippen molar-refractivity contribution in [3.63, 3.8) is 0 Å². The molecule has 2 aliphatic rings. The Hall–Kier alpha value is -2.04. The molecule has 4 heteroatoms. The molecule has 0 saturated heterocycles. The summed E-state index contributed by atoms with van der Waals surface area (Å²) in [4.78, 5) is 0. The van der Waals surface area contributed by atoms with Crippen molar-refractivity contribution in [1.82, 2.24) is 5.32 Å². The maximum atomic E-state index is 10.4. The van der Waals surface area contributed by atoms with E-state index in [1.54, 1.807) is 0 Å². The van der Waals surface area contributed by atoms with Gasteiger partial charge in [-0.3, -0.25) is 0 Å². The number of nitrogens with one attached hydrogen (secondary N) is 1. The molecule has 1 heterocycles. The molecule has 120 valence electrons. The molecule has 0 unspecified atom stereocenters. The number of para-hydroxylation sites is 1. The molecule has 0 aromatic heterocycles. The van der Waals surface area contributed by atoms with Crippen molar-refractivity contribution in [2.45, 2.75) is 31.5 Å². The standard InChI is InChI=1S/C19H21NO3/c21-16-11-13-5-1-2-7-15(13)18(16)20-12-14-6-3-8-17-19(14)23-10-4-9-22-17/h1-3,5-8,16,18,20-21H,4,9-12H2/t16-,18-/m1/s1. The van der Waals surface area contributed by atoms with Crippen molar-refractivity contribution in [1.29, 1.82) is 0 Å². The fourth-order valence-electron chi connectivity index (χ4n) is 3.43. The van der Waals surface area contributed by atoms with Gasteiger partial charge in [0.25, 0.3) is 0 Å². The Labute approximate surface area is 136 Å². The van der Waals surface area contributed by atoms with Crippen molar-refractivity contribution in [2.75, 3.05) is 13.2 Å². The smallest absolute Gasteiger partial charge is 0.165 e. The Kier molecular flexibility index (Phi) is 3.93. The first-order valence-electron chi connectivity index (χ1n) is 8.19. The lowest BCUT2D eigenvalue weighted by atomic mass is 10.1. The van der Waals surface area contributed by atoms with Crippen LogP contribution in [0.4, 0.5) is 0 Å². The van der Waals surface area contributed by atoms with Crippen LogP contribution in [0.5, 0.6) is 11.5 Å². The van der Waals surface area contributed by atoms with E-state index in [0.29, 0.717) is 26.2 Å². The monoisotopic (exact) mass is 311 g/mol. The van der Waals surface area contributed by atoms with E-state index in [4.69, 9.17) is 9.47 Å². The number of fused-ring (bicyclic) bond motifs is 2. The largest absolute Gasteiger partial charge is 0.490 e. The van der Waals surface area contributed by atoms with Crippen LogP contribution in [0, 0.1) is 0 Å². The van der Waals surface area contributed by atoms with Gasteiger partial charge in [0.2, 0.25) is 0 Å².